The molecule has 1 fully saturated rings. The van der Waals surface area contributed by atoms with Crippen molar-refractivity contribution in [1.82, 2.24) is 5.32 Å². The van der Waals surface area contributed by atoms with Gasteiger partial charge in [0.25, 0.3) is 0 Å². The van der Waals surface area contributed by atoms with Gasteiger partial charge in [0.15, 0.2) is 0 Å². The summed E-state index contributed by atoms with van der Waals surface area (Å²) >= 11 is 0. The second kappa shape index (κ2) is 5.81. The average Bonchev–Trinajstić information content (AvgIpc) is 2.34. The summed E-state index contributed by atoms with van der Waals surface area (Å²) in [4.78, 5) is 0. The highest BCUT2D eigenvalue weighted by Crippen LogP contribution is 2.34. The Bertz CT molecular complexity index is 407. The average molecular weight is 251 g/mol. The van der Waals surface area contributed by atoms with Crippen LogP contribution in [0.5, 0.6) is 0 Å². The number of hydrogen-bond donors (Lipinski definition) is 1. The van der Waals surface area contributed by atoms with Crippen molar-refractivity contribution in [3.8, 4) is 0 Å². The lowest BCUT2D eigenvalue weighted by atomic mass is 9.79. The van der Waals surface area contributed by atoms with Gasteiger partial charge >= 0.3 is 0 Å². The standard InChI is InChI=1S/C15H22FNO/c1-10-8-12(16)4-5-13(10)15(17-3)14-6-7-18-9-11(14)2/h4-5,8,11,14-15,17H,6-7,9H2,1-3H3. The minimum atomic E-state index is -0.161. The van der Waals surface area contributed by atoms with Gasteiger partial charge in [-0.1, -0.05) is 13.0 Å². The van der Waals surface area contributed by atoms with Crippen molar-refractivity contribution in [2.24, 2.45) is 11.8 Å². The third kappa shape index (κ3) is 2.73. The van der Waals surface area contributed by atoms with E-state index >= 15 is 0 Å². The summed E-state index contributed by atoms with van der Waals surface area (Å²) in [6.07, 6.45) is 1.06. The van der Waals surface area contributed by atoms with Gasteiger partial charge in [-0.2, -0.15) is 0 Å². The molecule has 0 spiro atoms. The molecule has 1 heterocycles. The van der Waals surface area contributed by atoms with Gasteiger partial charge in [-0.05, 0) is 55.5 Å². The van der Waals surface area contributed by atoms with Gasteiger partial charge in [0.05, 0.1) is 0 Å². The molecule has 1 saturated heterocycles. The zero-order chi connectivity index (χ0) is 13.1. The number of rotatable bonds is 3. The molecule has 1 aromatic rings. The second-order valence-electron chi connectivity index (χ2n) is 5.27. The molecule has 0 bridgehead atoms. The number of halogens is 1. The molecule has 0 aromatic heterocycles. The van der Waals surface area contributed by atoms with E-state index in [4.69, 9.17) is 4.74 Å². The lowest BCUT2D eigenvalue weighted by molar-refractivity contribution is 0.0114. The fourth-order valence-corrected chi connectivity index (χ4v) is 2.98. The predicted molar refractivity (Wildman–Crippen MR) is 71.0 cm³/mol. The normalized spacial score (nSPS) is 26.0. The van der Waals surface area contributed by atoms with Crippen LogP contribution in [0, 0.1) is 24.6 Å². The van der Waals surface area contributed by atoms with E-state index in [9.17, 15) is 4.39 Å². The maximum atomic E-state index is 13.2. The van der Waals surface area contributed by atoms with E-state index in [0.29, 0.717) is 11.8 Å². The van der Waals surface area contributed by atoms with Crippen molar-refractivity contribution in [2.75, 3.05) is 20.3 Å². The van der Waals surface area contributed by atoms with Gasteiger partial charge in [0.1, 0.15) is 5.82 Å². The first-order chi connectivity index (χ1) is 8.63. The Kier molecular flexibility index (Phi) is 4.36. The number of nitrogens with one attached hydrogen (secondary N) is 1. The minimum absolute atomic E-state index is 0.161. The van der Waals surface area contributed by atoms with E-state index in [1.54, 1.807) is 12.1 Å². The molecule has 18 heavy (non-hydrogen) atoms. The highest BCUT2D eigenvalue weighted by atomic mass is 19.1. The third-order valence-electron chi connectivity index (χ3n) is 4.01. The summed E-state index contributed by atoms with van der Waals surface area (Å²) in [6, 6.07) is 5.36. The summed E-state index contributed by atoms with van der Waals surface area (Å²) in [5.74, 6) is 0.916. The lowest BCUT2D eigenvalue weighted by Crippen LogP contribution is -2.35. The number of hydrogen-bond acceptors (Lipinski definition) is 2. The summed E-state index contributed by atoms with van der Waals surface area (Å²) < 4.78 is 18.7. The molecule has 2 nitrogen and oxygen atoms in total. The lowest BCUT2D eigenvalue weighted by Gasteiger charge is -2.36. The minimum Gasteiger partial charge on any atom is -0.381 e. The maximum Gasteiger partial charge on any atom is 0.123 e. The van der Waals surface area contributed by atoms with Crippen LogP contribution in [0.2, 0.25) is 0 Å². The van der Waals surface area contributed by atoms with Gasteiger partial charge < -0.3 is 10.1 Å². The Morgan fingerprint density at radius 3 is 2.83 bits per heavy atom. The first-order valence-corrected chi connectivity index (χ1v) is 6.64. The Morgan fingerprint density at radius 2 is 2.22 bits per heavy atom. The smallest absolute Gasteiger partial charge is 0.123 e. The van der Waals surface area contributed by atoms with E-state index in [-0.39, 0.29) is 11.9 Å². The molecule has 0 amide bonds. The van der Waals surface area contributed by atoms with Gasteiger partial charge in [-0.3, -0.25) is 0 Å². The molecule has 100 valence electrons. The van der Waals surface area contributed by atoms with Crippen LogP contribution in [-0.2, 0) is 4.74 Å². The third-order valence-corrected chi connectivity index (χ3v) is 4.01. The quantitative estimate of drug-likeness (QED) is 0.891. The monoisotopic (exact) mass is 251 g/mol. The molecule has 0 saturated carbocycles. The highest BCUT2D eigenvalue weighted by Gasteiger charge is 2.30. The topological polar surface area (TPSA) is 21.3 Å². The molecule has 3 unspecified atom stereocenters. The SMILES string of the molecule is CNC(c1ccc(F)cc1C)C1CCOCC1C. The molecular formula is C15H22FNO. The zero-order valence-electron chi connectivity index (χ0n) is 11.4. The fraction of sp³-hybridized carbons (Fsp3) is 0.600. The molecule has 1 aliphatic rings. The Labute approximate surface area is 109 Å². The summed E-state index contributed by atoms with van der Waals surface area (Å²) in [7, 11) is 1.98. The summed E-state index contributed by atoms with van der Waals surface area (Å²) in [5.41, 5.74) is 2.23. The summed E-state index contributed by atoms with van der Waals surface area (Å²) in [5, 5.41) is 3.40. The van der Waals surface area contributed by atoms with E-state index in [1.165, 1.54) is 5.56 Å². The molecule has 1 aliphatic heterocycles. The van der Waals surface area contributed by atoms with E-state index < -0.39 is 0 Å². The van der Waals surface area contributed by atoms with Crippen LogP contribution in [0.15, 0.2) is 18.2 Å². The fourth-order valence-electron chi connectivity index (χ4n) is 2.98. The van der Waals surface area contributed by atoms with Gasteiger partial charge in [-0.25, -0.2) is 4.39 Å². The first-order valence-electron chi connectivity index (χ1n) is 6.64. The van der Waals surface area contributed by atoms with Crippen LogP contribution in [0.1, 0.15) is 30.5 Å². The van der Waals surface area contributed by atoms with Gasteiger partial charge in [0, 0.05) is 19.3 Å². The van der Waals surface area contributed by atoms with Crippen molar-refractivity contribution in [3.63, 3.8) is 0 Å². The maximum absolute atomic E-state index is 13.2. The van der Waals surface area contributed by atoms with Crippen molar-refractivity contribution in [2.45, 2.75) is 26.3 Å². The van der Waals surface area contributed by atoms with Crippen LogP contribution < -0.4 is 5.32 Å². The number of benzene rings is 1. The van der Waals surface area contributed by atoms with E-state index in [1.807, 2.05) is 20.0 Å². The molecule has 0 aliphatic carbocycles. The van der Waals surface area contributed by atoms with Crippen molar-refractivity contribution in [3.05, 3.63) is 35.1 Å². The predicted octanol–water partition coefficient (Wildman–Crippen LogP) is 3.07. The first kappa shape index (κ1) is 13.5. The molecule has 1 aromatic carbocycles. The van der Waals surface area contributed by atoms with Crippen molar-refractivity contribution in [1.29, 1.82) is 0 Å². The van der Waals surface area contributed by atoms with E-state index in [2.05, 4.69) is 12.2 Å². The van der Waals surface area contributed by atoms with Crippen LogP contribution in [-0.4, -0.2) is 20.3 Å². The van der Waals surface area contributed by atoms with Crippen molar-refractivity contribution >= 4 is 0 Å². The Morgan fingerprint density at radius 1 is 1.44 bits per heavy atom. The number of aryl methyl sites for hydroxylation is 1. The van der Waals surface area contributed by atoms with Crippen LogP contribution >= 0.6 is 0 Å². The second-order valence-corrected chi connectivity index (χ2v) is 5.27. The van der Waals surface area contributed by atoms with Gasteiger partial charge in [-0.15, -0.1) is 0 Å². The Hall–Kier alpha value is -0.930. The molecular weight excluding hydrogens is 229 g/mol. The highest BCUT2D eigenvalue weighted by molar-refractivity contribution is 5.30. The molecule has 1 N–H and O–H groups in total. The molecule has 3 atom stereocenters. The van der Waals surface area contributed by atoms with Crippen LogP contribution in [0.4, 0.5) is 4.39 Å². The largest absolute Gasteiger partial charge is 0.381 e. The van der Waals surface area contributed by atoms with E-state index in [0.717, 1.165) is 25.2 Å². The van der Waals surface area contributed by atoms with Gasteiger partial charge in [0.2, 0.25) is 0 Å². The van der Waals surface area contributed by atoms with Crippen LogP contribution in [0.25, 0.3) is 0 Å². The molecule has 2 rings (SSSR count). The Balaban J connectivity index is 2.26. The van der Waals surface area contributed by atoms with Crippen molar-refractivity contribution < 1.29 is 9.13 Å². The molecule has 3 heteroatoms. The summed E-state index contributed by atoms with van der Waals surface area (Å²) in [6.45, 7) is 5.86. The zero-order valence-corrected chi connectivity index (χ0v) is 11.4. The van der Waals surface area contributed by atoms with Crippen LogP contribution in [0.3, 0.4) is 0 Å². The number of ether oxygens (including phenoxy) is 1. The molecule has 0 radical (unpaired) electrons.